The highest BCUT2D eigenvalue weighted by molar-refractivity contribution is 5.80. The first kappa shape index (κ1) is 15.1. The van der Waals surface area contributed by atoms with Crippen LogP contribution in [-0.2, 0) is 16.1 Å². The fraction of sp³-hybridized carbons (Fsp3) is 0.375. The number of carbonyl (C=O) groups excluding carboxylic acids is 1. The maximum Gasteiger partial charge on any atom is 0.303 e. The maximum absolute atomic E-state index is 11.5. The fourth-order valence-electron chi connectivity index (χ4n) is 2.30. The van der Waals surface area contributed by atoms with Gasteiger partial charge in [0.15, 0.2) is 0 Å². The molecule has 0 unspecified atom stereocenters. The van der Waals surface area contributed by atoms with Crippen LogP contribution in [0.15, 0.2) is 36.5 Å². The molecule has 2 N–H and O–H groups in total. The van der Waals surface area contributed by atoms with Gasteiger partial charge < -0.3 is 15.0 Å². The average molecular weight is 288 g/mol. The zero-order valence-corrected chi connectivity index (χ0v) is 11.9. The molecule has 1 heterocycles. The van der Waals surface area contributed by atoms with E-state index in [-0.39, 0.29) is 18.7 Å². The predicted octanol–water partition coefficient (Wildman–Crippen LogP) is 2.40. The zero-order chi connectivity index (χ0) is 15.1. The van der Waals surface area contributed by atoms with Crippen molar-refractivity contribution in [1.82, 2.24) is 9.88 Å². The summed E-state index contributed by atoms with van der Waals surface area (Å²) in [5.41, 5.74) is 1.20. The maximum atomic E-state index is 11.5. The molecule has 0 bridgehead atoms. The van der Waals surface area contributed by atoms with Crippen molar-refractivity contribution in [2.45, 2.75) is 32.2 Å². The molecule has 0 spiro atoms. The summed E-state index contributed by atoms with van der Waals surface area (Å²) in [6, 6.07) is 10.3. The molecule has 0 aliphatic rings. The smallest absolute Gasteiger partial charge is 0.303 e. The molecule has 0 fully saturated rings. The van der Waals surface area contributed by atoms with E-state index in [2.05, 4.69) is 34.3 Å². The Morgan fingerprint density at radius 1 is 1.10 bits per heavy atom. The summed E-state index contributed by atoms with van der Waals surface area (Å²) in [6.07, 6.45) is 3.62. The van der Waals surface area contributed by atoms with Crippen LogP contribution in [0.2, 0.25) is 0 Å². The van der Waals surface area contributed by atoms with Crippen molar-refractivity contribution in [3.05, 3.63) is 36.5 Å². The Bertz CT molecular complexity index is 619. The summed E-state index contributed by atoms with van der Waals surface area (Å²) in [4.78, 5) is 21.8. The molecule has 112 valence electrons. The second-order valence-corrected chi connectivity index (χ2v) is 5.02. The van der Waals surface area contributed by atoms with Crippen molar-refractivity contribution in [2.75, 3.05) is 6.54 Å². The number of carboxylic acid groups (broad SMARTS) is 1. The Morgan fingerprint density at radius 3 is 2.71 bits per heavy atom. The first-order valence-electron chi connectivity index (χ1n) is 7.19. The number of benzene rings is 1. The molecule has 0 aliphatic carbocycles. The Balaban J connectivity index is 1.68. The van der Waals surface area contributed by atoms with Gasteiger partial charge in [-0.2, -0.15) is 0 Å². The number of aliphatic carboxylic acids is 1. The zero-order valence-electron chi connectivity index (χ0n) is 11.9. The molecule has 5 heteroatoms. The summed E-state index contributed by atoms with van der Waals surface area (Å²) < 4.78 is 2.17. The van der Waals surface area contributed by atoms with Crippen molar-refractivity contribution >= 4 is 22.8 Å². The van der Waals surface area contributed by atoms with Gasteiger partial charge in [0.25, 0.3) is 0 Å². The van der Waals surface area contributed by atoms with Gasteiger partial charge in [-0.25, -0.2) is 0 Å². The van der Waals surface area contributed by atoms with E-state index in [1.165, 1.54) is 10.9 Å². The third kappa shape index (κ3) is 4.63. The largest absolute Gasteiger partial charge is 0.481 e. The summed E-state index contributed by atoms with van der Waals surface area (Å²) in [6.45, 7) is 1.46. The minimum atomic E-state index is -0.859. The molecule has 0 radical (unpaired) electrons. The number of rotatable bonds is 8. The SMILES string of the molecule is O=C(O)CCCC(=O)NCCCn1ccc2ccccc21. The molecule has 1 aromatic carbocycles. The van der Waals surface area contributed by atoms with Crippen LogP contribution < -0.4 is 5.32 Å². The van der Waals surface area contributed by atoms with Crippen LogP contribution >= 0.6 is 0 Å². The van der Waals surface area contributed by atoms with E-state index in [4.69, 9.17) is 5.11 Å². The van der Waals surface area contributed by atoms with Gasteiger partial charge in [0.2, 0.25) is 5.91 Å². The van der Waals surface area contributed by atoms with Crippen LogP contribution in [0, 0.1) is 0 Å². The number of aryl methyl sites for hydroxylation is 1. The summed E-state index contributed by atoms with van der Waals surface area (Å²) >= 11 is 0. The number of fused-ring (bicyclic) bond motifs is 1. The quantitative estimate of drug-likeness (QED) is 0.733. The number of para-hydroxylation sites is 1. The Hall–Kier alpha value is -2.30. The first-order chi connectivity index (χ1) is 10.2. The van der Waals surface area contributed by atoms with Crippen LogP contribution in [0.4, 0.5) is 0 Å². The molecule has 1 amide bonds. The number of nitrogens with zero attached hydrogens (tertiary/aromatic N) is 1. The highest BCUT2D eigenvalue weighted by atomic mass is 16.4. The van der Waals surface area contributed by atoms with Crippen LogP contribution in [0.1, 0.15) is 25.7 Å². The van der Waals surface area contributed by atoms with E-state index in [0.29, 0.717) is 13.0 Å². The molecule has 2 aromatic rings. The van der Waals surface area contributed by atoms with Gasteiger partial charge in [-0.1, -0.05) is 18.2 Å². The van der Waals surface area contributed by atoms with Gasteiger partial charge in [0.1, 0.15) is 0 Å². The van der Waals surface area contributed by atoms with Crippen LogP contribution in [0.25, 0.3) is 10.9 Å². The van der Waals surface area contributed by atoms with E-state index in [1.807, 2.05) is 12.1 Å². The number of hydrogen-bond acceptors (Lipinski definition) is 2. The lowest BCUT2D eigenvalue weighted by molar-refractivity contribution is -0.137. The van der Waals surface area contributed by atoms with Crippen molar-refractivity contribution in [2.24, 2.45) is 0 Å². The van der Waals surface area contributed by atoms with Gasteiger partial charge in [-0.15, -0.1) is 0 Å². The van der Waals surface area contributed by atoms with Crippen LogP contribution in [-0.4, -0.2) is 28.1 Å². The van der Waals surface area contributed by atoms with Gasteiger partial charge in [0, 0.05) is 37.6 Å². The Kier molecular flexibility index (Phi) is 5.37. The second kappa shape index (κ2) is 7.47. The van der Waals surface area contributed by atoms with E-state index in [9.17, 15) is 9.59 Å². The molecular weight excluding hydrogens is 268 g/mol. The summed E-state index contributed by atoms with van der Waals surface area (Å²) in [5.74, 6) is -0.934. The molecule has 0 saturated heterocycles. The molecule has 21 heavy (non-hydrogen) atoms. The monoisotopic (exact) mass is 288 g/mol. The summed E-state index contributed by atoms with van der Waals surface area (Å²) in [5, 5.41) is 12.5. The highest BCUT2D eigenvalue weighted by Crippen LogP contribution is 2.15. The number of aromatic nitrogens is 1. The van der Waals surface area contributed by atoms with Crippen LogP contribution in [0.3, 0.4) is 0 Å². The van der Waals surface area contributed by atoms with E-state index < -0.39 is 5.97 Å². The predicted molar refractivity (Wildman–Crippen MR) is 81.1 cm³/mol. The number of amides is 1. The number of carboxylic acids is 1. The number of hydrogen-bond donors (Lipinski definition) is 2. The van der Waals surface area contributed by atoms with E-state index in [1.54, 1.807) is 0 Å². The first-order valence-corrected chi connectivity index (χ1v) is 7.19. The molecule has 1 aromatic heterocycles. The minimum absolute atomic E-state index is 0.0444. The normalized spacial score (nSPS) is 10.7. The van der Waals surface area contributed by atoms with Crippen molar-refractivity contribution in [3.63, 3.8) is 0 Å². The third-order valence-electron chi connectivity index (χ3n) is 3.37. The molecular formula is C16H20N2O3. The molecule has 2 rings (SSSR count). The second-order valence-electron chi connectivity index (χ2n) is 5.02. The molecule has 0 atom stereocenters. The number of nitrogens with one attached hydrogen (secondary N) is 1. The van der Waals surface area contributed by atoms with E-state index >= 15 is 0 Å². The van der Waals surface area contributed by atoms with Crippen LogP contribution in [0.5, 0.6) is 0 Å². The molecule has 0 saturated carbocycles. The Morgan fingerprint density at radius 2 is 1.90 bits per heavy atom. The lowest BCUT2D eigenvalue weighted by Crippen LogP contribution is -2.25. The molecule has 0 aliphatic heterocycles. The van der Waals surface area contributed by atoms with Gasteiger partial charge in [-0.05, 0) is 30.4 Å². The third-order valence-corrected chi connectivity index (χ3v) is 3.37. The van der Waals surface area contributed by atoms with Gasteiger partial charge in [-0.3, -0.25) is 9.59 Å². The Labute approximate surface area is 123 Å². The van der Waals surface area contributed by atoms with Crippen molar-refractivity contribution in [3.8, 4) is 0 Å². The lowest BCUT2D eigenvalue weighted by atomic mass is 10.2. The standard InChI is InChI=1S/C16H20N2O3/c19-15(7-3-8-16(20)21)17-10-4-11-18-12-9-13-5-1-2-6-14(13)18/h1-2,5-6,9,12H,3-4,7-8,10-11H2,(H,17,19)(H,20,21). The van der Waals surface area contributed by atoms with Gasteiger partial charge in [0.05, 0.1) is 0 Å². The van der Waals surface area contributed by atoms with Crippen molar-refractivity contribution < 1.29 is 14.7 Å². The minimum Gasteiger partial charge on any atom is -0.481 e. The number of carbonyl (C=O) groups is 2. The van der Waals surface area contributed by atoms with Gasteiger partial charge >= 0.3 is 5.97 Å². The van der Waals surface area contributed by atoms with E-state index in [0.717, 1.165) is 13.0 Å². The highest BCUT2D eigenvalue weighted by Gasteiger charge is 2.04. The van der Waals surface area contributed by atoms with Crippen molar-refractivity contribution in [1.29, 1.82) is 0 Å². The average Bonchev–Trinajstić information content (AvgIpc) is 2.86. The topological polar surface area (TPSA) is 71.3 Å². The fourth-order valence-corrected chi connectivity index (χ4v) is 2.30. The summed E-state index contributed by atoms with van der Waals surface area (Å²) in [7, 11) is 0. The lowest BCUT2D eigenvalue weighted by Gasteiger charge is -2.07. The molecule has 5 nitrogen and oxygen atoms in total.